The number of benzene rings is 1. The lowest BCUT2D eigenvalue weighted by Crippen LogP contribution is -2.31. The summed E-state index contributed by atoms with van der Waals surface area (Å²) in [6.45, 7) is 10.5. The van der Waals surface area contributed by atoms with Crippen LogP contribution in [0, 0.1) is 5.41 Å². The van der Waals surface area contributed by atoms with Gasteiger partial charge in [0.1, 0.15) is 5.78 Å². The number of rotatable bonds is 3. The fourth-order valence-corrected chi connectivity index (χ4v) is 2.58. The van der Waals surface area contributed by atoms with E-state index in [9.17, 15) is 4.79 Å². The SMILES string of the molecule is CC1(C(=O)Cc2ccc(C(C)(C)C)cc2)CCNC1. The second-order valence-corrected chi connectivity index (χ2v) is 7.03. The van der Waals surface area contributed by atoms with Gasteiger partial charge in [0.2, 0.25) is 0 Å². The van der Waals surface area contributed by atoms with Crippen LogP contribution in [0.15, 0.2) is 24.3 Å². The van der Waals surface area contributed by atoms with Gasteiger partial charge in [-0.2, -0.15) is 0 Å². The van der Waals surface area contributed by atoms with Gasteiger partial charge >= 0.3 is 0 Å². The molecule has 1 N–H and O–H groups in total. The molecular weight excluding hydrogens is 234 g/mol. The van der Waals surface area contributed by atoms with Crippen molar-refractivity contribution in [1.82, 2.24) is 5.32 Å². The van der Waals surface area contributed by atoms with Gasteiger partial charge in [0, 0.05) is 18.4 Å². The summed E-state index contributed by atoms with van der Waals surface area (Å²) in [5.41, 5.74) is 2.45. The Balaban J connectivity index is 2.06. The molecule has 0 spiro atoms. The van der Waals surface area contributed by atoms with Crippen LogP contribution >= 0.6 is 0 Å². The first-order chi connectivity index (χ1) is 8.81. The average Bonchev–Trinajstić information content (AvgIpc) is 2.77. The molecule has 1 aromatic rings. The third-order valence-electron chi connectivity index (χ3n) is 4.23. The Labute approximate surface area is 116 Å². The van der Waals surface area contributed by atoms with Crippen LogP contribution < -0.4 is 5.32 Å². The number of hydrogen-bond donors (Lipinski definition) is 1. The van der Waals surface area contributed by atoms with Gasteiger partial charge < -0.3 is 5.32 Å². The highest BCUT2D eigenvalue weighted by molar-refractivity contribution is 5.87. The minimum Gasteiger partial charge on any atom is -0.316 e. The summed E-state index contributed by atoms with van der Waals surface area (Å²) in [4.78, 5) is 12.4. The van der Waals surface area contributed by atoms with Crippen LogP contribution in [-0.4, -0.2) is 18.9 Å². The quantitative estimate of drug-likeness (QED) is 0.903. The second-order valence-electron chi connectivity index (χ2n) is 7.03. The van der Waals surface area contributed by atoms with Gasteiger partial charge in [0.15, 0.2) is 0 Å². The van der Waals surface area contributed by atoms with E-state index in [1.165, 1.54) is 5.56 Å². The molecule has 1 unspecified atom stereocenters. The van der Waals surface area contributed by atoms with E-state index < -0.39 is 0 Å². The minimum absolute atomic E-state index is 0.164. The van der Waals surface area contributed by atoms with Crippen molar-refractivity contribution in [2.75, 3.05) is 13.1 Å². The first kappa shape index (κ1) is 14.3. The molecule has 0 bridgehead atoms. The predicted molar refractivity (Wildman–Crippen MR) is 79.4 cm³/mol. The Kier molecular flexibility index (Phi) is 3.82. The normalized spacial score (nSPS) is 23.6. The highest BCUT2D eigenvalue weighted by Crippen LogP contribution is 2.28. The van der Waals surface area contributed by atoms with Crippen molar-refractivity contribution in [2.45, 2.75) is 46.0 Å². The third kappa shape index (κ3) is 3.24. The molecule has 0 amide bonds. The Bertz CT molecular complexity index is 447. The minimum atomic E-state index is -0.164. The summed E-state index contributed by atoms with van der Waals surface area (Å²) in [6, 6.07) is 8.50. The number of carbonyl (C=O) groups excluding carboxylic acids is 1. The first-order valence-corrected chi connectivity index (χ1v) is 7.15. The number of Topliss-reactive ketones (excluding diaryl/α,β-unsaturated/α-hetero) is 1. The second kappa shape index (κ2) is 5.09. The number of carbonyl (C=O) groups is 1. The standard InChI is InChI=1S/C17H25NO/c1-16(2,3)14-7-5-13(6-8-14)11-15(19)17(4)9-10-18-12-17/h5-8,18H,9-12H2,1-4H3. The van der Waals surface area contributed by atoms with Gasteiger partial charge in [-0.1, -0.05) is 52.0 Å². The molecule has 1 aliphatic heterocycles. The smallest absolute Gasteiger partial charge is 0.144 e. The maximum absolute atomic E-state index is 12.4. The highest BCUT2D eigenvalue weighted by Gasteiger charge is 2.35. The van der Waals surface area contributed by atoms with Crippen LogP contribution in [0.4, 0.5) is 0 Å². The van der Waals surface area contributed by atoms with Gasteiger partial charge in [-0.05, 0) is 29.5 Å². The van der Waals surface area contributed by atoms with E-state index in [4.69, 9.17) is 0 Å². The van der Waals surface area contributed by atoms with Crippen molar-refractivity contribution in [3.05, 3.63) is 35.4 Å². The van der Waals surface area contributed by atoms with E-state index in [-0.39, 0.29) is 10.8 Å². The van der Waals surface area contributed by atoms with Crippen LogP contribution in [0.2, 0.25) is 0 Å². The number of hydrogen-bond acceptors (Lipinski definition) is 2. The average molecular weight is 259 g/mol. The van der Waals surface area contributed by atoms with Crippen LogP contribution in [0.25, 0.3) is 0 Å². The first-order valence-electron chi connectivity index (χ1n) is 7.15. The Morgan fingerprint density at radius 3 is 2.37 bits per heavy atom. The summed E-state index contributed by atoms with van der Waals surface area (Å²) in [5, 5.41) is 3.29. The molecule has 0 aromatic heterocycles. The topological polar surface area (TPSA) is 29.1 Å². The molecule has 0 aliphatic carbocycles. The van der Waals surface area contributed by atoms with Crippen LogP contribution in [-0.2, 0) is 16.6 Å². The fourth-order valence-electron chi connectivity index (χ4n) is 2.58. The van der Waals surface area contributed by atoms with Crippen molar-refractivity contribution in [1.29, 1.82) is 0 Å². The van der Waals surface area contributed by atoms with Gasteiger partial charge in [0.05, 0.1) is 0 Å². The van der Waals surface area contributed by atoms with E-state index in [1.807, 2.05) is 0 Å². The molecule has 1 aliphatic rings. The van der Waals surface area contributed by atoms with Crippen molar-refractivity contribution >= 4 is 5.78 Å². The molecular formula is C17H25NO. The zero-order chi connectivity index (χ0) is 14.1. The number of nitrogens with one attached hydrogen (secondary N) is 1. The maximum Gasteiger partial charge on any atom is 0.144 e. The summed E-state index contributed by atoms with van der Waals surface area (Å²) in [5.74, 6) is 0.362. The molecule has 2 nitrogen and oxygen atoms in total. The summed E-state index contributed by atoms with van der Waals surface area (Å²) in [6.07, 6.45) is 1.52. The van der Waals surface area contributed by atoms with Crippen molar-refractivity contribution in [3.63, 3.8) is 0 Å². The van der Waals surface area contributed by atoms with Crippen LogP contribution in [0.5, 0.6) is 0 Å². The fraction of sp³-hybridized carbons (Fsp3) is 0.588. The van der Waals surface area contributed by atoms with E-state index in [2.05, 4.69) is 57.3 Å². The molecule has 1 fully saturated rings. The molecule has 1 saturated heterocycles. The van der Waals surface area contributed by atoms with E-state index in [1.54, 1.807) is 0 Å². The van der Waals surface area contributed by atoms with Crippen molar-refractivity contribution < 1.29 is 4.79 Å². The van der Waals surface area contributed by atoms with Gasteiger partial charge in [-0.3, -0.25) is 4.79 Å². The van der Waals surface area contributed by atoms with Crippen LogP contribution in [0.3, 0.4) is 0 Å². The summed E-state index contributed by atoms with van der Waals surface area (Å²) >= 11 is 0. The van der Waals surface area contributed by atoms with Gasteiger partial charge in [-0.15, -0.1) is 0 Å². The predicted octanol–water partition coefficient (Wildman–Crippen LogP) is 3.10. The zero-order valence-corrected chi connectivity index (χ0v) is 12.5. The molecule has 1 aromatic carbocycles. The van der Waals surface area contributed by atoms with Gasteiger partial charge in [0.25, 0.3) is 0 Å². The molecule has 0 saturated carbocycles. The highest BCUT2D eigenvalue weighted by atomic mass is 16.1. The Hall–Kier alpha value is -1.15. The van der Waals surface area contributed by atoms with E-state index >= 15 is 0 Å². The molecule has 104 valence electrons. The lowest BCUT2D eigenvalue weighted by atomic mass is 9.81. The zero-order valence-electron chi connectivity index (χ0n) is 12.5. The summed E-state index contributed by atoms with van der Waals surface area (Å²) < 4.78 is 0. The maximum atomic E-state index is 12.4. The molecule has 19 heavy (non-hydrogen) atoms. The largest absolute Gasteiger partial charge is 0.316 e. The molecule has 2 rings (SSSR count). The third-order valence-corrected chi connectivity index (χ3v) is 4.23. The Morgan fingerprint density at radius 1 is 1.26 bits per heavy atom. The molecule has 2 heteroatoms. The molecule has 1 atom stereocenters. The van der Waals surface area contributed by atoms with Gasteiger partial charge in [-0.25, -0.2) is 0 Å². The van der Waals surface area contributed by atoms with E-state index in [0.29, 0.717) is 12.2 Å². The van der Waals surface area contributed by atoms with Crippen LogP contribution in [0.1, 0.15) is 45.2 Å². The lowest BCUT2D eigenvalue weighted by Gasteiger charge is -2.22. The monoisotopic (exact) mass is 259 g/mol. The van der Waals surface area contributed by atoms with E-state index in [0.717, 1.165) is 25.1 Å². The van der Waals surface area contributed by atoms with Crippen molar-refractivity contribution in [3.8, 4) is 0 Å². The summed E-state index contributed by atoms with van der Waals surface area (Å²) in [7, 11) is 0. The number of ketones is 1. The lowest BCUT2D eigenvalue weighted by molar-refractivity contribution is -0.126. The Morgan fingerprint density at radius 2 is 1.89 bits per heavy atom. The molecule has 1 heterocycles. The van der Waals surface area contributed by atoms with Crippen molar-refractivity contribution in [2.24, 2.45) is 5.41 Å². The molecule has 0 radical (unpaired) electrons.